The average molecular weight is 394 g/mol. The number of nitrogens with two attached hydrogens (primary N) is 1. The summed E-state index contributed by atoms with van der Waals surface area (Å²) in [5, 5.41) is 10.7. The number of aryl methyl sites for hydroxylation is 2. The molecule has 2 aromatic rings. The number of aliphatic hydroxyl groups is 1. The van der Waals surface area contributed by atoms with Crippen molar-refractivity contribution in [3.05, 3.63) is 59.2 Å². The number of benzene rings is 2. The molecule has 0 unspecified atom stereocenters. The number of hydrogen-bond donors (Lipinski definition) is 2. The van der Waals surface area contributed by atoms with E-state index in [2.05, 4.69) is 0 Å². The first kappa shape index (κ1) is 18.3. The summed E-state index contributed by atoms with van der Waals surface area (Å²) in [6, 6.07) is 6.76. The van der Waals surface area contributed by atoms with Crippen molar-refractivity contribution in [1.82, 2.24) is 0 Å². The molecule has 0 saturated carbocycles. The monoisotopic (exact) mass is 394 g/mol. The van der Waals surface area contributed by atoms with Gasteiger partial charge < -0.3 is 15.7 Å². The molecule has 2 aromatic carbocycles. The molecule has 3 N–H and O–H groups in total. The fraction of sp³-hybridized carbons (Fsp3) is 0.368. The summed E-state index contributed by atoms with van der Waals surface area (Å²) in [5.41, 5.74) is 8.47. The van der Waals surface area contributed by atoms with Crippen LogP contribution in [0.25, 0.3) is 0 Å². The topological polar surface area (TPSA) is 83.6 Å². The Balaban J connectivity index is 1.92. The molecule has 27 heavy (non-hydrogen) atoms. The zero-order valence-electron chi connectivity index (χ0n) is 14.5. The highest BCUT2D eigenvalue weighted by molar-refractivity contribution is 7.91. The molecular weight excluding hydrogens is 374 g/mol. The van der Waals surface area contributed by atoms with Crippen molar-refractivity contribution < 1.29 is 22.3 Å². The van der Waals surface area contributed by atoms with Gasteiger partial charge in [0.1, 0.15) is 11.6 Å². The Labute approximate surface area is 156 Å². The van der Waals surface area contributed by atoms with Gasteiger partial charge >= 0.3 is 0 Å². The van der Waals surface area contributed by atoms with Crippen molar-refractivity contribution in [2.24, 2.45) is 5.73 Å². The molecule has 1 fully saturated rings. The molecule has 0 aromatic heterocycles. The second-order valence-electron chi connectivity index (χ2n) is 7.21. The third kappa shape index (κ3) is 3.33. The molecule has 0 radical (unpaired) electrons. The summed E-state index contributed by atoms with van der Waals surface area (Å²) in [4.78, 5) is 1.69. The number of halogens is 2. The third-order valence-electron chi connectivity index (χ3n) is 5.30. The number of sulfone groups is 1. The first-order chi connectivity index (χ1) is 12.7. The fourth-order valence-electron chi connectivity index (χ4n) is 4.07. The molecule has 3 atom stereocenters. The first-order valence-electron chi connectivity index (χ1n) is 8.75. The lowest BCUT2D eigenvalue weighted by Gasteiger charge is -2.41. The van der Waals surface area contributed by atoms with Crippen molar-refractivity contribution in [2.45, 2.75) is 31.0 Å². The molecule has 0 amide bonds. The minimum absolute atomic E-state index is 0.282. The van der Waals surface area contributed by atoms with Gasteiger partial charge in [-0.3, -0.25) is 0 Å². The smallest absolute Gasteiger partial charge is 0.154 e. The van der Waals surface area contributed by atoms with Gasteiger partial charge in [-0.1, -0.05) is 0 Å². The van der Waals surface area contributed by atoms with Crippen LogP contribution in [-0.4, -0.2) is 43.2 Å². The Morgan fingerprint density at radius 2 is 1.48 bits per heavy atom. The Hall–Kier alpha value is -2.03. The van der Waals surface area contributed by atoms with E-state index in [4.69, 9.17) is 5.73 Å². The molecule has 1 saturated heterocycles. The molecule has 5 nitrogen and oxygen atoms in total. The molecule has 8 heteroatoms. The minimum atomic E-state index is -3.47. The largest absolute Gasteiger partial charge is 0.389 e. The molecule has 4 rings (SSSR count). The van der Waals surface area contributed by atoms with Crippen LogP contribution in [0.1, 0.15) is 11.1 Å². The lowest BCUT2D eigenvalue weighted by atomic mass is 10.0. The van der Waals surface area contributed by atoms with Crippen LogP contribution in [0.2, 0.25) is 0 Å². The third-order valence-corrected chi connectivity index (χ3v) is 7.04. The second kappa shape index (κ2) is 6.54. The van der Waals surface area contributed by atoms with E-state index < -0.39 is 39.7 Å². The summed E-state index contributed by atoms with van der Waals surface area (Å²) in [6.07, 6.45) is -0.147. The maximum Gasteiger partial charge on any atom is 0.154 e. The maximum atomic E-state index is 13.8. The highest BCUT2D eigenvalue weighted by atomic mass is 32.2. The summed E-state index contributed by atoms with van der Waals surface area (Å²) < 4.78 is 52.3. The van der Waals surface area contributed by atoms with Gasteiger partial charge in [-0.2, -0.15) is 0 Å². The predicted octanol–water partition coefficient (Wildman–Crippen LogP) is 1.69. The molecular formula is C19H20F2N2O3S. The van der Waals surface area contributed by atoms with E-state index in [1.54, 1.807) is 17.0 Å². The quantitative estimate of drug-likeness (QED) is 0.769. The number of aliphatic hydroxyl groups excluding tert-OH is 1. The number of hydrogen-bond acceptors (Lipinski definition) is 5. The lowest BCUT2D eigenvalue weighted by Crippen LogP contribution is -2.60. The van der Waals surface area contributed by atoms with Crippen LogP contribution in [0.5, 0.6) is 0 Å². The maximum absolute atomic E-state index is 13.8. The van der Waals surface area contributed by atoms with Crippen LogP contribution in [0, 0.1) is 11.6 Å². The van der Waals surface area contributed by atoms with E-state index in [0.29, 0.717) is 35.3 Å². The van der Waals surface area contributed by atoms with Gasteiger partial charge in [-0.25, -0.2) is 17.2 Å². The Morgan fingerprint density at radius 3 is 2.00 bits per heavy atom. The Kier molecular flexibility index (Phi) is 4.44. The zero-order chi connectivity index (χ0) is 19.3. The van der Waals surface area contributed by atoms with Crippen LogP contribution >= 0.6 is 0 Å². The van der Waals surface area contributed by atoms with Gasteiger partial charge in [0.05, 0.1) is 23.7 Å². The summed E-state index contributed by atoms with van der Waals surface area (Å²) in [5.74, 6) is -1.38. The molecule has 2 aliphatic heterocycles. The van der Waals surface area contributed by atoms with Crippen molar-refractivity contribution in [2.75, 3.05) is 16.4 Å². The highest BCUT2D eigenvalue weighted by Gasteiger charge is 2.42. The summed E-state index contributed by atoms with van der Waals surface area (Å²) in [7, 11) is -3.47. The lowest BCUT2D eigenvalue weighted by molar-refractivity contribution is 0.125. The van der Waals surface area contributed by atoms with Crippen LogP contribution in [-0.2, 0) is 22.7 Å². The fourth-order valence-corrected chi connectivity index (χ4v) is 5.85. The molecule has 2 aliphatic rings. The van der Waals surface area contributed by atoms with Gasteiger partial charge in [-0.15, -0.1) is 0 Å². The van der Waals surface area contributed by atoms with Gasteiger partial charge in [0.25, 0.3) is 0 Å². The standard InChI is InChI=1S/C19H20F2N2O3S/c20-13-3-5-16-11(7-13)1-2-12-8-14(21)4-6-17(12)23(16)18-10-27(25,26)9-15(22)19(18)24/h3-8,15,18-19,24H,1-2,9-10,22H2/t15-,18+,19+/m1/s1. The molecule has 0 aliphatic carbocycles. The Morgan fingerprint density at radius 1 is 0.963 bits per heavy atom. The van der Waals surface area contributed by atoms with Crippen LogP contribution in [0.15, 0.2) is 36.4 Å². The van der Waals surface area contributed by atoms with Crippen molar-refractivity contribution >= 4 is 21.2 Å². The van der Waals surface area contributed by atoms with Crippen LogP contribution in [0.3, 0.4) is 0 Å². The van der Waals surface area contributed by atoms with Crippen molar-refractivity contribution in [3.8, 4) is 0 Å². The van der Waals surface area contributed by atoms with E-state index in [0.717, 1.165) is 0 Å². The van der Waals surface area contributed by atoms with Crippen LogP contribution < -0.4 is 10.6 Å². The van der Waals surface area contributed by atoms with Gasteiger partial charge in [0, 0.05) is 17.4 Å². The van der Waals surface area contributed by atoms with Crippen molar-refractivity contribution in [1.29, 1.82) is 0 Å². The normalized spacial score (nSPS) is 26.8. The zero-order valence-corrected chi connectivity index (χ0v) is 15.3. The average Bonchev–Trinajstić information content (AvgIpc) is 2.74. The van der Waals surface area contributed by atoms with Gasteiger partial charge in [-0.05, 0) is 60.4 Å². The summed E-state index contributed by atoms with van der Waals surface area (Å²) in [6.45, 7) is 0. The van der Waals surface area contributed by atoms with E-state index in [1.165, 1.54) is 24.3 Å². The molecule has 0 bridgehead atoms. The van der Waals surface area contributed by atoms with Gasteiger partial charge in [0.2, 0.25) is 0 Å². The van der Waals surface area contributed by atoms with E-state index >= 15 is 0 Å². The van der Waals surface area contributed by atoms with Crippen molar-refractivity contribution in [3.63, 3.8) is 0 Å². The number of rotatable bonds is 1. The number of anilines is 2. The van der Waals surface area contributed by atoms with E-state index in [-0.39, 0.29) is 11.5 Å². The molecule has 2 heterocycles. The second-order valence-corrected chi connectivity index (χ2v) is 9.37. The first-order valence-corrected chi connectivity index (χ1v) is 10.6. The van der Waals surface area contributed by atoms with Gasteiger partial charge in [0.15, 0.2) is 9.84 Å². The van der Waals surface area contributed by atoms with Crippen LogP contribution in [0.4, 0.5) is 20.2 Å². The van der Waals surface area contributed by atoms with E-state index in [9.17, 15) is 22.3 Å². The number of nitrogens with zero attached hydrogens (tertiary/aromatic N) is 1. The Bertz CT molecular complexity index is 943. The molecule has 144 valence electrons. The van der Waals surface area contributed by atoms with E-state index in [1.807, 2.05) is 0 Å². The minimum Gasteiger partial charge on any atom is -0.389 e. The SMILES string of the molecule is N[C@@H]1CS(=O)(=O)C[C@H](N2c3ccc(F)cc3CCc3cc(F)ccc32)[C@H]1O. The predicted molar refractivity (Wildman–Crippen MR) is 98.8 cm³/mol. The number of fused-ring (bicyclic) bond motifs is 2. The summed E-state index contributed by atoms with van der Waals surface area (Å²) >= 11 is 0. The molecule has 0 spiro atoms. The highest BCUT2D eigenvalue weighted by Crippen LogP contribution is 2.40.